The Hall–Kier alpha value is -4.09. The van der Waals surface area contributed by atoms with Gasteiger partial charge in [0.1, 0.15) is 18.1 Å². The minimum Gasteiger partial charge on any atom is -0.457 e. The molecule has 0 spiro atoms. The molecule has 1 aliphatic heterocycles. The first kappa shape index (κ1) is 22.1. The van der Waals surface area contributed by atoms with Gasteiger partial charge in [0.25, 0.3) is 11.1 Å². The lowest BCUT2D eigenvalue weighted by atomic mass is 10.1. The second-order valence-corrected chi connectivity index (χ2v) is 8.52. The number of aryl methyl sites for hydroxylation is 2. The summed E-state index contributed by atoms with van der Waals surface area (Å²) in [4.78, 5) is 38.6. The molecule has 0 saturated carbocycles. The number of rotatable bonds is 5. The smallest absolute Gasteiger partial charge is 0.294 e. The van der Waals surface area contributed by atoms with E-state index in [0.717, 1.165) is 33.4 Å². The number of nitrogens with zero attached hydrogens (tertiary/aromatic N) is 2. The fraction of sp³-hybridized carbons (Fsp3) is 0.120. The van der Waals surface area contributed by atoms with E-state index in [0.29, 0.717) is 22.8 Å². The molecule has 2 aromatic carbocycles. The van der Waals surface area contributed by atoms with Crippen molar-refractivity contribution in [1.29, 1.82) is 5.26 Å². The molecule has 0 atom stereocenters. The van der Waals surface area contributed by atoms with Crippen LogP contribution in [0.2, 0.25) is 0 Å². The highest BCUT2D eigenvalue weighted by molar-refractivity contribution is 8.18. The van der Waals surface area contributed by atoms with Crippen molar-refractivity contribution in [2.45, 2.75) is 13.8 Å². The number of nitriles is 1. The molecule has 3 amide bonds. The molecule has 3 aromatic rings. The highest BCUT2D eigenvalue weighted by Crippen LogP contribution is 2.33. The number of hydrogen-bond donors (Lipinski definition) is 1. The van der Waals surface area contributed by atoms with E-state index in [2.05, 4.69) is 11.4 Å². The first-order valence-electron chi connectivity index (χ1n) is 10.1. The first-order valence-corrected chi connectivity index (χ1v) is 10.9. The lowest BCUT2D eigenvalue weighted by molar-refractivity contribution is -0.127. The predicted octanol–water partition coefficient (Wildman–Crippen LogP) is 5.11. The molecule has 0 aliphatic carbocycles. The van der Waals surface area contributed by atoms with Gasteiger partial charge in [0.2, 0.25) is 5.91 Å². The zero-order valence-corrected chi connectivity index (χ0v) is 18.7. The highest BCUT2D eigenvalue weighted by Gasteiger charge is 2.36. The van der Waals surface area contributed by atoms with Crippen molar-refractivity contribution in [3.63, 3.8) is 0 Å². The van der Waals surface area contributed by atoms with E-state index in [1.807, 2.05) is 26.0 Å². The average molecular weight is 458 g/mol. The summed E-state index contributed by atoms with van der Waals surface area (Å²) in [6.45, 7) is 3.46. The monoisotopic (exact) mass is 457 g/mol. The van der Waals surface area contributed by atoms with Crippen LogP contribution in [0.1, 0.15) is 22.5 Å². The maximum absolute atomic E-state index is 12.7. The summed E-state index contributed by atoms with van der Waals surface area (Å²) in [5.41, 5.74) is 3.93. The van der Waals surface area contributed by atoms with E-state index in [-0.39, 0.29) is 11.4 Å². The van der Waals surface area contributed by atoms with Gasteiger partial charge < -0.3 is 9.73 Å². The number of furan rings is 1. The Morgan fingerprint density at radius 2 is 1.88 bits per heavy atom. The Bertz CT molecular complexity index is 1330. The molecule has 1 saturated heterocycles. The number of amides is 3. The van der Waals surface area contributed by atoms with Gasteiger partial charge in [-0.15, -0.1) is 0 Å². The third-order valence-corrected chi connectivity index (χ3v) is 5.94. The topological polar surface area (TPSA) is 103 Å². The molecule has 2 heterocycles. The number of carbonyl (C=O) groups is 3. The molecular formula is C25H19N3O4S. The number of nitrogens with one attached hydrogen (secondary N) is 1. The molecule has 8 heteroatoms. The number of carbonyl (C=O) groups excluding carboxylic acids is 3. The van der Waals surface area contributed by atoms with Crippen LogP contribution < -0.4 is 5.32 Å². The van der Waals surface area contributed by atoms with Gasteiger partial charge in [0.15, 0.2) is 0 Å². The summed E-state index contributed by atoms with van der Waals surface area (Å²) in [7, 11) is 0. The molecule has 33 heavy (non-hydrogen) atoms. The van der Waals surface area contributed by atoms with E-state index >= 15 is 0 Å². The molecular weight excluding hydrogens is 438 g/mol. The highest BCUT2D eigenvalue weighted by atomic mass is 32.2. The quantitative estimate of drug-likeness (QED) is 0.534. The molecule has 0 radical (unpaired) electrons. The van der Waals surface area contributed by atoms with Crippen LogP contribution in [0.3, 0.4) is 0 Å². The van der Waals surface area contributed by atoms with Gasteiger partial charge in [-0.3, -0.25) is 19.3 Å². The fourth-order valence-electron chi connectivity index (χ4n) is 3.35. The second kappa shape index (κ2) is 9.18. The summed E-state index contributed by atoms with van der Waals surface area (Å²) in [6.07, 6.45) is 1.49. The van der Waals surface area contributed by atoms with E-state index in [1.54, 1.807) is 42.5 Å². The second-order valence-electron chi connectivity index (χ2n) is 7.53. The van der Waals surface area contributed by atoms with Crippen molar-refractivity contribution in [2.75, 3.05) is 11.9 Å². The van der Waals surface area contributed by atoms with Crippen LogP contribution in [-0.2, 0) is 9.59 Å². The van der Waals surface area contributed by atoms with Crippen LogP contribution in [-0.4, -0.2) is 28.5 Å². The Kier molecular flexibility index (Phi) is 6.16. The third kappa shape index (κ3) is 4.89. The van der Waals surface area contributed by atoms with E-state index in [9.17, 15) is 14.4 Å². The summed E-state index contributed by atoms with van der Waals surface area (Å²) in [5.74, 6) is -0.0267. The fourth-order valence-corrected chi connectivity index (χ4v) is 4.17. The molecule has 164 valence electrons. The van der Waals surface area contributed by atoms with Crippen molar-refractivity contribution >= 4 is 40.6 Å². The van der Waals surface area contributed by atoms with Crippen LogP contribution >= 0.6 is 11.8 Å². The zero-order valence-electron chi connectivity index (χ0n) is 17.9. The largest absolute Gasteiger partial charge is 0.457 e. The lowest BCUT2D eigenvalue weighted by Gasteiger charge is -2.13. The molecule has 0 bridgehead atoms. The molecule has 1 N–H and O–H groups in total. The first-order chi connectivity index (χ1) is 15.8. The molecule has 1 fully saturated rings. The van der Waals surface area contributed by atoms with Gasteiger partial charge >= 0.3 is 0 Å². The molecule has 0 unspecified atom stereocenters. The van der Waals surface area contributed by atoms with E-state index < -0.39 is 17.1 Å². The third-order valence-electron chi connectivity index (χ3n) is 5.03. The number of thioether (sulfide) groups is 1. The molecule has 7 nitrogen and oxygen atoms in total. The maximum atomic E-state index is 12.7. The number of imide groups is 1. The van der Waals surface area contributed by atoms with Crippen LogP contribution in [0.15, 0.2) is 63.9 Å². The summed E-state index contributed by atoms with van der Waals surface area (Å²) in [5, 5.41) is 11.1. The van der Waals surface area contributed by atoms with Crippen molar-refractivity contribution in [2.24, 2.45) is 0 Å². The number of anilines is 1. The van der Waals surface area contributed by atoms with Gasteiger partial charge in [-0.2, -0.15) is 5.26 Å². The Morgan fingerprint density at radius 1 is 1.12 bits per heavy atom. The SMILES string of the molecule is Cc1ccc(NC(=O)CN2C(=O)S/C(=C/c3ccc(-c4ccc(C#N)cc4)o3)C2=O)c(C)c1. The van der Waals surface area contributed by atoms with Crippen LogP contribution in [0.4, 0.5) is 10.5 Å². The van der Waals surface area contributed by atoms with Crippen LogP contribution in [0, 0.1) is 25.2 Å². The number of hydrogen-bond acceptors (Lipinski definition) is 6. The lowest BCUT2D eigenvalue weighted by Crippen LogP contribution is -2.36. The van der Waals surface area contributed by atoms with Crippen molar-refractivity contribution in [3.05, 3.63) is 82.0 Å². The number of benzene rings is 2. The Balaban J connectivity index is 1.45. The zero-order chi connectivity index (χ0) is 23.5. The maximum Gasteiger partial charge on any atom is 0.294 e. The van der Waals surface area contributed by atoms with Crippen LogP contribution in [0.5, 0.6) is 0 Å². The van der Waals surface area contributed by atoms with E-state index in [4.69, 9.17) is 9.68 Å². The van der Waals surface area contributed by atoms with Crippen molar-refractivity contribution in [3.8, 4) is 17.4 Å². The minimum atomic E-state index is -0.544. The van der Waals surface area contributed by atoms with E-state index in [1.165, 1.54) is 6.08 Å². The van der Waals surface area contributed by atoms with Gasteiger partial charge in [0.05, 0.1) is 16.5 Å². The van der Waals surface area contributed by atoms with Gasteiger partial charge in [0, 0.05) is 17.3 Å². The van der Waals surface area contributed by atoms with Gasteiger partial charge in [-0.25, -0.2) is 0 Å². The molecule has 4 rings (SSSR count). The van der Waals surface area contributed by atoms with Gasteiger partial charge in [-0.1, -0.05) is 17.7 Å². The normalized spacial score (nSPS) is 14.6. The summed E-state index contributed by atoms with van der Waals surface area (Å²) in [6, 6.07) is 18.0. The average Bonchev–Trinajstić information content (AvgIpc) is 3.36. The predicted molar refractivity (Wildman–Crippen MR) is 126 cm³/mol. The van der Waals surface area contributed by atoms with Gasteiger partial charge in [-0.05, 0) is 73.6 Å². The van der Waals surface area contributed by atoms with Crippen LogP contribution in [0.25, 0.3) is 17.4 Å². The Morgan fingerprint density at radius 3 is 2.58 bits per heavy atom. The molecule has 1 aromatic heterocycles. The molecule has 1 aliphatic rings. The standard InChI is InChI=1S/C25H19N3O4S/c1-15-3-9-20(16(2)11-15)27-23(29)14-28-24(30)22(33-25(28)31)12-19-8-10-21(32-19)18-6-4-17(13-26)5-7-18/h3-12H,14H2,1-2H3,(H,27,29)/b22-12+. The Labute approximate surface area is 194 Å². The van der Waals surface area contributed by atoms with Crippen molar-refractivity contribution < 1.29 is 18.8 Å². The summed E-state index contributed by atoms with van der Waals surface area (Å²) >= 11 is 0.763. The summed E-state index contributed by atoms with van der Waals surface area (Å²) < 4.78 is 5.77. The van der Waals surface area contributed by atoms with Crippen molar-refractivity contribution in [1.82, 2.24) is 4.90 Å². The minimum absolute atomic E-state index is 0.181.